The highest BCUT2D eigenvalue weighted by Gasteiger charge is 2.20. The summed E-state index contributed by atoms with van der Waals surface area (Å²) in [6, 6.07) is 11.3. The second-order valence-corrected chi connectivity index (χ2v) is 4.68. The van der Waals surface area contributed by atoms with Crippen LogP contribution in [-0.4, -0.2) is 18.4 Å². The summed E-state index contributed by atoms with van der Waals surface area (Å²) in [5, 5.41) is 0. The van der Waals surface area contributed by atoms with E-state index in [1.807, 2.05) is 37.3 Å². The summed E-state index contributed by atoms with van der Waals surface area (Å²) in [7, 11) is 3.06. The molecule has 0 radical (unpaired) electrons. The van der Waals surface area contributed by atoms with Gasteiger partial charge in [-0.3, -0.25) is 0 Å². The Morgan fingerprint density at radius 3 is 2.20 bits per heavy atom. The van der Waals surface area contributed by atoms with E-state index in [2.05, 4.69) is 12.8 Å². The molecule has 0 fully saturated rings. The molecule has 0 saturated heterocycles. The summed E-state index contributed by atoms with van der Waals surface area (Å²) in [6.45, 7) is 2.01. The van der Waals surface area contributed by atoms with Crippen LogP contribution in [0.1, 0.15) is 5.56 Å². The van der Waals surface area contributed by atoms with Gasteiger partial charge in [-0.1, -0.05) is 34.0 Å². The van der Waals surface area contributed by atoms with E-state index < -0.39 is 0 Å². The van der Waals surface area contributed by atoms with Crippen molar-refractivity contribution in [3.63, 3.8) is 0 Å². The Labute approximate surface area is 123 Å². The van der Waals surface area contributed by atoms with Crippen molar-refractivity contribution in [1.29, 1.82) is 0 Å². The quantitative estimate of drug-likeness (QED) is 0.637. The molecule has 104 valence electrons. The van der Waals surface area contributed by atoms with Crippen LogP contribution >= 0.6 is 0 Å². The molecule has 2 aromatic carbocycles. The summed E-state index contributed by atoms with van der Waals surface area (Å²) < 4.78 is 10.9. The van der Waals surface area contributed by atoms with Crippen molar-refractivity contribution in [2.75, 3.05) is 14.2 Å². The molecule has 0 atom stereocenters. The fourth-order valence-electron chi connectivity index (χ4n) is 2.00. The fraction of sp³-hybridized carbons (Fsp3) is 0.200. The number of methoxy groups -OCH3 is 2. The standard InChI is InChI=1S/C15H15NO3S/c1-10-4-6-11(7-5-10)13-8-12(18-2)9-14(16(17)20)15(13)19-3/h4-9H,1-3H3. The Balaban J connectivity index is 2.69. The molecule has 0 bridgehead atoms. The van der Waals surface area contributed by atoms with Gasteiger partial charge in [-0.2, -0.15) is 0 Å². The maximum atomic E-state index is 11.5. The molecule has 0 unspecified atom stereocenters. The van der Waals surface area contributed by atoms with E-state index in [0.717, 1.165) is 16.7 Å². The van der Waals surface area contributed by atoms with Crippen LogP contribution in [0.4, 0.5) is 5.69 Å². The van der Waals surface area contributed by atoms with Gasteiger partial charge >= 0.3 is 0 Å². The third-order valence-corrected chi connectivity index (χ3v) is 3.24. The Hall–Kier alpha value is -2.14. The Morgan fingerprint density at radius 2 is 1.70 bits per heavy atom. The van der Waals surface area contributed by atoms with Gasteiger partial charge < -0.3 is 22.3 Å². The number of hydrogen-bond acceptors (Lipinski definition) is 4. The molecule has 0 heterocycles. The second kappa shape index (κ2) is 5.88. The van der Waals surface area contributed by atoms with Crippen LogP contribution in [0.2, 0.25) is 0 Å². The maximum Gasteiger partial charge on any atom is 0.283 e. The van der Waals surface area contributed by atoms with Crippen molar-refractivity contribution in [1.82, 2.24) is 0 Å². The third kappa shape index (κ3) is 2.72. The zero-order chi connectivity index (χ0) is 14.7. The topological polar surface area (TPSA) is 38.5 Å². The highest BCUT2D eigenvalue weighted by Crippen LogP contribution is 2.41. The molecule has 0 saturated carbocycles. The summed E-state index contributed by atoms with van der Waals surface area (Å²) in [6.07, 6.45) is 0. The second-order valence-electron chi connectivity index (χ2n) is 4.35. The maximum absolute atomic E-state index is 11.5. The lowest BCUT2D eigenvalue weighted by atomic mass is 10.0. The predicted octanol–water partition coefficient (Wildman–Crippen LogP) is 3.55. The van der Waals surface area contributed by atoms with Gasteiger partial charge in [0.1, 0.15) is 5.75 Å². The van der Waals surface area contributed by atoms with Crippen molar-refractivity contribution in [2.24, 2.45) is 0 Å². The molecule has 0 amide bonds. The van der Waals surface area contributed by atoms with Gasteiger partial charge in [-0.05, 0) is 18.6 Å². The van der Waals surface area contributed by atoms with Crippen LogP contribution in [0.3, 0.4) is 0 Å². The number of aryl methyl sites for hydroxylation is 1. The summed E-state index contributed by atoms with van der Waals surface area (Å²) in [5.74, 6) is 1.00. The molecule has 0 aliphatic rings. The van der Waals surface area contributed by atoms with Crippen LogP contribution in [0.5, 0.6) is 11.5 Å². The first-order chi connectivity index (χ1) is 9.56. The summed E-state index contributed by atoms with van der Waals surface area (Å²) >= 11 is 4.68. The molecule has 0 aromatic heterocycles. The molecule has 0 spiro atoms. The van der Waals surface area contributed by atoms with Crippen LogP contribution in [0.15, 0.2) is 36.4 Å². The largest absolute Gasteiger partial charge is 0.496 e. The Kier molecular flexibility index (Phi) is 4.20. The SMILES string of the molecule is COc1cc(-c2ccc(C)cc2)c(OC)c([N+](=O)[S-])c1. The first-order valence-electron chi connectivity index (χ1n) is 6.04. The molecule has 2 rings (SSSR count). The molecule has 0 aliphatic carbocycles. The lowest BCUT2D eigenvalue weighted by molar-refractivity contribution is -0.264. The lowest BCUT2D eigenvalue weighted by Gasteiger charge is -2.12. The normalized spacial score (nSPS) is 10.2. The van der Waals surface area contributed by atoms with Crippen LogP contribution in [0, 0.1) is 11.8 Å². The van der Waals surface area contributed by atoms with Gasteiger partial charge in [0.15, 0.2) is 0 Å². The van der Waals surface area contributed by atoms with Crippen molar-refractivity contribution in [3.05, 3.63) is 46.9 Å². The van der Waals surface area contributed by atoms with E-state index in [1.54, 1.807) is 13.2 Å². The molecule has 5 heteroatoms. The predicted molar refractivity (Wildman–Crippen MR) is 80.4 cm³/mol. The van der Waals surface area contributed by atoms with Crippen LogP contribution in [-0.2, 0) is 12.8 Å². The Bertz CT molecular complexity index is 638. The van der Waals surface area contributed by atoms with Gasteiger partial charge in [-0.15, -0.1) is 0 Å². The molecule has 0 N–H and O–H groups in total. The monoisotopic (exact) mass is 289 g/mol. The van der Waals surface area contributed by atoms with Gasteiger partial charge in [0, 0.05) is 10.5 Å². The molecule has 0 aliphatic heterocycles. The minimum absolute atomic E-state index is 0.262. The molecular weight excluding hydrogens is 274 g/mol. The highest BCUT2D eigenvalue weighted by molar-refractivity contribution is 7.51. The van der Waals surface area contributed by atoms with Gasteiger partial charge in [0.05, 0.1) is 20.3 Å². The molecule has 20 heavy (non-hydrogen) atoms. The molecule has 4 nitrogen and oxygen atoms in total. The smallest absolute Gasteiger partial charge is 0.283 e. The average molecular weight is 289 g/mol. The number of benzene rings is 2. The van der Waals surface area contributed by atoms with E-state index in [-0.39, 0.29) is 5.69 Å². The van der Waals surface area contributed by atoms with E-state index >= 15 is 0 Å². The number of hydrogen-bond donors (Lipinski definition) is 0. The number of rotatable bonds is 4. The van der Waals surface area contributed by atoms with Crippen LogP contribution < -0.4 is 9.47 Å². The lowest BCUT2D eigenvalue weighted by Crippen LogP contribution is -1.98. The van der Waals surface area contributed by atoms with Crippen molar-refractivity contribution >= 4 is 18.5 Å². The van der Waals surface area contributed by atoms with Crippen molar-refractivity contribution in [3.8, 4) is 22.6 Å². The van der Waals surface area contributed by atoms with Gasteiger partial charge in [-0.25, -0.2) is 0 Å². The van der Waals surface area contributed by atoms with Crippen molar-refractivity contribution < 1.29 is 13.6 Å². The van der Waals surface area contributed by atoms with Gasteiger partial charge in [0.25, 0.3) is 5.69 Å². The molecule has 2 aromatic rings. The average Bonchev–Trinajstić information content (AvgIpc) is 2.46. The van der Waals surface area contributed by atoms with E-state index in [0.29, 0.717) is 15.7 Å². The summed E-state index contributed by atoms with van der Waals surface area (Å²) in [5.41, 5.74) is 3.12. The van der Waals surface area contributed by atoms with Gasteiger partial charge in [0.2, 0.25) is 5.75 Å². The number of nitroso groups, excluding NO2 is 1. The summed E-state index contributed by atoms with van der Waals surface area (Å²) in [4.78, 5) is 11.5. The number of ether oxygens (including phenoxy) is 2. The highest BCUT2D eigenvalue weighted by atomic mass is 32.1. The number of nitrogens with zero attached hydrogens (tertiary/aromatic N) is 1. The zero-order valence-electron chi connectivity index (χ0n) is 11.5. The van der Waals surface area contributed by atoms with Crippen LogP contribution in [0.25, 0.3) is 11.1 Å². The minimum Gasteiger partial charge on any atom is -0.496 e. The van der Waals surface area contributed by atoms with E-state index in [4.69, 9.17) is 9.47 Å². The first-order valence-corrected chi connectivity index (χ1v) is 6.40. The third-order valence-electron chi connectivity index (χ3n) is 3.04. The minimum atomic E-state index is 0.262. The van der Waals surface area contributed by atoms with E-state index in [9.17, 15) is 4.91 Å². The fourth-order valence-corrected chi connectivity index (χ4v) is 2.14. The molecular formula is C15H15NO3S. The van der Waals surface area contributed by atoms with Crippen molar-refractivity contribution in [2.45, 2.75) is 6.92 Å². The first kappa shape index (κ1) is 14.3. The zero-order valence-corrected chi connectivity index (χ0v) is 12.4. The Morgan fingerprint density at radius 1 is 1.05 bits per heavy atom. The van der Waals surface area contributed by atoms with E-state index in [1.165, 1.54) is 7.11 Å².